The van der Waals surface area contributed by atoms with Crippen LogP contribution in [0.5, 0.6) is 0 Å². The number of rotatable bonds is 4. The Labute approximate surface area is 114 Å². The summed E-state index contributed by atoms with van der Waals surface area (Å²) in [4.78, 5) is 0. The molecule has 1 aromatic rings. The molecule has 0 radical (unpaired) electrons. The van der Waals surface area contributed by atoms with Crippen molar-refractivity contribution in [3.63, 3.8) is 0 Å². The molecule has 2 rings (SSSR count). The van der Waals surface area contributed by atoms with Crippen molar-refractivity contribution in [2.45, 2.75) is 33.1 Å². The van der Waals surface area contributed by atoms with Crippen molar-refractivity contribution in [2.24, 2.45) is 5.14 Å². The molecular formula is C10H15NO4S3. The van der Waals surface area contributed by atoms with Crippen LogP contribution in [0, 0.1) is 0 Å². The van der Waals surface area contributed by atoms with Gasteiger partial charge in [0.2, 0.25) is 10.0 Å². The number of aliphatic hydroxyl groups excluding tert-OH is 1. The number of thioether (sulfide) groups is 1. The zero-order valence-corrected chi connectivity index (χ0v) is 12.3. The van der Waals surface area contributed by atoms with Gasteiger partial charge < -0.3 is 9.84 Å². The van der Waals surface area contributed by atoms with E-state index in [4.69, 9.17) is 9.88 Å². The Morgan fingerprint density at radius 3 is 2.94 bits per heavy atom. The molecule has 0 aromatic carbocycles. The fourth-order valence-corrected chi connectivity index (χ4v) is 5.55. The molecule has 18 heavy (non-hydrogen) atoms. The molecule has 2 atom stereocenters. The average Bonchev–Trinajstić information content (AvgIpc) is 2.70. The van der Waals surface area contributed by atoms with E-state index in [1.54, 1.807) is 11.8 Å². The van der Waals surface area contributed by atoms with Crippen LogP contribution in [-0.4, -0.2) is 32.0 Å². The van der Waals surface area contributed by atoms with Crippen LogP contribution in [0.3, 0.4) is 0 Å². The van der Waals surface area contributed by atoms with E-state index in [1.807, 2.05) is 6.92 Å². The van der Waals surface area contributed by atoms with Crippen LogP contribution in [0.1, 0.15) is 25.0 Å². The van der Waals surface area contributed by atoms with Crippen LogP contribution in [0.25, 0.3) is 0 Å². The highest BCUT2D eigenvalue weighted by atomic mass is 32.3. The van der Waals surface area contributed by atoms with Gasteiger partial charge in [-0.1, -0.05) is 0 Å². The highest BCUT2D eigenvalue weighted by molar-refractivity contribution is 8.02. The molecule has 8 heteroatoms. The number of aliphatic hydroxyl groups is 1. The third kappa shape index (κ3) is 3.06. The van der Waals surface area contributed by atoms with Crippen LogP contribution >= 0.6 is 23.1 Å². The van der Waals surface area contributed by atoms with Gasteiger partial charge in [-0.05, 0) is 19.4 Å². The highest BCUT2D eigenvalue weighted by Gasteiger charge is 2.30. The fourth-order valence-electron chi connectivity index (χ4n) is 1.76. The molecule has 0 fully saturated rings. The highest BCUT2D eigenvalue weighted by Crippen LogP contribution is 2.46. The van der Waals surface area contributed by atoms with E-state index in [9.17, 15) is 13.5 Å². The van der Waals surface area contributed by atoms with Crippen LogP contribution in [0.2, 0.25) is 0 Å². The number of primary sulfonamides is 1. The Kier molecular flexibility index (Phi) is 4.35. The lowest BCUT2D eigenvalue weighted by Crippen LogP contribution is -2.19. The minimum absolute atomic E-state index is 0.108. The minimum atomic E-state index is -3.69. The smallest absolute Gasteiger partial charge is 0.247 e. The molecule has 0 amide bonds. The molecule has 0 aliphatic carbocycles. The normalized spacial score (nSPS) is 23.9. The van der Waals surface area contributed by atoms with Gasteiger partial charge in [-0.15, -0.1) is 23.1 Å². The zero-order valence-electron chi connectivity index (χ0n) is 9.83. The third-order valence-electron chi connectivity index (χ3n) is 2.61. The molecule has 1 aliphatic rings. The molecule has 0 bridgehead atoms. The summed E-state index contributed by atoms with van der Waals surface area (Å²) in [5.41, 5.74) is 0.668. The first-order valence-electron chi connectivity index (χ1n) is 5.50. The first-order valence-corrected chi connectivity index (χ1v) is 8.75. The molecule has 2 unspecified atom stereocenters. The number of sulfonamides is 1. The van der Waals surface area contributed by atoms with Gasteiger partial charge in [0, 0.05) is 17.4 Å². The number of fused-ring (bicyclic) bond motifs is 1. The number of nitrogens with two attached hydrogens (primary N) is 1. The maximum absolute atomic E-state index is 11.3. The van der Waals surface area contributed by atoms with E-state index in [1.165, 1.54) is 6.07 Å². The summed E-state index contributed by atoms with van der Waals surface area (Å²) >= 11 is 2.67. The van der Waals surface area contributed by atoms with Gasteiger partial charge in [0.1, 0.15) is 4.21 Å². The van der Waals surface area contributed by atoms with Gasteiger partial charge in [-0.3, -0.25) is 0 Å². The van der Waals surface area contributed by atoms with Crippen molar-refractivity contribution in [1.29, 1.82) is 0 Å². The summed E-state index contributed by atoms with van der Waals surface area (Å²) in [5, 5.41) is 15.3. The number of hydrogen-bond donors (Lipinski definition) is 2. The van der Waals surface area contributed by atoms with Crippen molar-refractivity contribution >= 4 is 33.1 Å². The van der Waals surface area contributed by atoms with E-state index in [0.29, 0.717) is 25.2 Å². The minimum Gasteiger partial charge on any atom is -0.388 e. The van der Waals surface area contributed by atoms with Gasteiger partial charge in [0.05, 0.1) is 16.9 Å². The Morgan fingerprint density at radius 1 is 1.61 bits per heavy atom. The summed E-state index contributed by atoms with van der Waals surface area (Å²) in [6.45, 7) is 3.10. The van der Waals surface area contributed by atoms with Crippen LogP contribution in [0.15, 0.2) is 14.5 Å². The Bertz CT molecular complexity index is 525. The Hall–Kier alpha value is -0.120. The molecule has 0 saturated heterocycles. The molecule has 5 nitrogen and oxygen atoms in total. The SMILES string of the molecule is CCOCC1CC(O)c2cc(S(N)(=O)=O)sc2S1. The van der Waals surface area contributed by atoms with Crippen molar-refractivity contribution in [3.05, 3.63) is 11.6 Å². The lowest BCUT2D eigenvalue weighted by molar-refractivity contribution is 0.116. The van der Waals surface area contributed by atoms with Crippen LogP contribution in [-0.2, 0) is 14.8 Å². The molecule has 0 spiro atoms. The maximum Gasteiger partial charge on any atom is 0.247 e. The standard InChI is InChI=1S/C10H15NO4S3/c1-2-15-5-6-3-8(12)7-4-9(18(11,13)14)17-10(7)16-6/h4,6,8,12H,2-3,5H2,1H3,(H2,11,13,14). The molecule has 1 aromatic heterocycles. The largest absolute Gasteiger partial charge is 0.388 e. The van der Waals surface area contributed by atoms with E-state index in [0.717, 1.165) is 15.5 Å². The average molecular weight is 309 g/mol. The number of hydrogen-bond acceptors (Lipinski definition) is 6. The first kappa shape index (κ1) is 14.3. The summed E-state index contributed by atoms with van der Waals surface area (Å²) < 4.78 is 28.8. The topological polar surface area (TPSA) is 89.6 Å². The lowest BCUT2D eigenvalue weighted by Gasteiger charge is -2.25. The second-order valence-electron chi connectivity index (χ2n) is 4.00. The zero-order chi connectivity index (χ0) is 13.3. The van der Waals surface area contributed by atoms with Crippen molar-refractivity contribution in [3.8, 4) is 0 Å². The molecular weight excluding hydrogens is 294 g/mol. The molecule has 1 aliphatic heterocycles. The predicted octanol–water partition coefficient (Wildman–Crippen LogP) is 1.33. The van der Waals surface area contributed by atoms with Crippen LogP contribution < -0.4 is 5.14 Å². The summed E-state index contributed by atoms with van der Waals surface area (Å²) in [6.07, 6.45) is -0.0724. The molecule has 3 N–H and O–H groups in total. The van der Waals surface area contributed by atoms with Gasteiger partial charge in [-0.25, -0.2) is 13.6 Å². The summed E-state index contributed by atoms with van der Waals surface area (Å²) in [5.74, 6) is 0. The van der Waals surface area contributed by atoms with E-state index < -0.39 is 16.1 Å². The molecule has 0 saturated carbocycles. The first-order chi connectivity index (χ1) is 8.41. The van der Waals surface area contributed by atoms with Crippen molar-refractivity contribution < 1.29 is 18.3 Å². The Balaban J connectivity index is 2.22. The third-order valence-corrected chi connectivity index (χ3v) is 6.63. The second kappa shape index (κ2) is 5.48. The predicted molar refractivity (Wildman–Crippen MR) is 71.4 cm³/mol. The van der Waals surface area contributed by atoms with E-state index >= 15 is 0 Å². The van der Waals surface area contributed by atoms with Gasteiger partial charge in [0.15, 0.2) is 0 Å². The fraction of sp³-hybridized carbons (Fsp3) is 0.600. The Morgan fingerprint density at radius 2 is 2.33 bits per heavy atom. The molecule has 2 heterocycles. The van der Waals surface area contributed by atoms with E-state index in [-0.39, 0.29) is 9.46 Å². The van der Waals surface area contributed by atoms with E-state index in [2.05, 4.69) is 0 Å². The maximum atomic E-state index is 11.3. The van der Waals surface area contributed by atoms with Crippen LogP contribution in [0.4, 0.5) is 0 Å². The summed E-state index contributed by atoms with van der Waals surface area (Å²) in [7, 11) is -3.69. The van der Waals surface area contributed by atoms with Crippen molar-refractivity contribution in [2.75, 3.05) is 13.2 Å². The summed E-state index contributed by atoms with van der Waals surface area (Å²) in [6, 6.07) is 1.48. The van der Waals surface area contributed by atoms with Gasteiger partial charge in [0.25, 0.3) is 0 Å². The lowest BCUT2D eigenvalue weighted by atomic mass is 10.1. The molecule has 102 valence electrons. The number of ether oxygens (including phenoxy) is 1. The van der Waals surface area contributed by atoms with Gasteiger partial charge >= 0.3 is 0 Å². The quantitative estimate of drug-likeness (QED) is 0.876. The number of thiophene rings is 1. The monoisotopic (exact) mass is 309 g/mol. The van der Waals surface area contributed by atoms with Crippen molar-refractivity contribution in [1.82, 2.24) is 0 Å². The second-order valence-corrected chi connectivity index (χ2v) is 8.41. The van der Waals surface area contributed by atoms with Gasteiger partial charge in [-0.2, -0.15) is 0 Å².